The van der Waals surface area contributed by atoms with Crippen LogP contribution in [-0.4, -0.2) is 12.2 Å². The number of aliphatic hydroxyl groups is 1. The lowest BCUT2D eigenvalue weighted by molar-refractivity contribution is 0.512. The van der Waals surface area contributed by atoms with Gasteiger partial charge in [-0.2, -0.15) is 0 Å². The summed E-state index contributed by atoms with van der Waals surface area (Å²) in [5, 5.41) is 11.0. The highest BCUT2D eigenvalue weighted by atomic mass is 16.3. The predicted molar refractivity (Wildman–Crippen MR) is 164 cm³/mol. The number of para-hydroxylation sites is 1. The van der Waals surface area contributed by atoms with Crippen LogP contribution in [0.5, 0.6) is 0 Å². The smallest absolute Gasteiger partial charge is 0.123 e. The number of likely N-dealkylation sites (N-methyl/N-ethyl adjacent to an activating group) is 1. The molecule has 3 aromatic rings. The zero-order valence-electron chi connectivity index (χ0n) is 23.3. The number of hydrogen-bond acceptors (Lipinski definition) is 2. The molecule has 0 aromatic heterocycles. The molecule has 1 aliphatic heterocycles. The molecule has 2 nitrogen and oxygen atoms in total. The Bertz CT molecular complexity index is 1410. The average Bonchev–Trinajstić information content (AvgIpc) is 3.13. The van der Waals surface area contributed by atoms with E-state index in [9.17, 15) is 5.11 Å². The van der Waals surface area contributed by atoms with Crippen molar-refractivity contribution < 1.29 is 5.11 Å². The Labute approximate surface area is 228 Å². The molecule has 0 radical (unpaired) electrons. The molecule has 0 saturated heterocycles. The lowest BCUT2D eigenvalue weighted by Crippen LogP contribution is -2.22. The van der Waals surface area contributed by atoms with Crippen LogP contribution >= 0.6 is 0 Å². The number of allylic oxidation sites excluding steroid dienone is 8. The minimum absolute atomic E-state index is 0.0686. The molecule has 3 aromatic carbocycles. The molecule has 0 aliphatic carbocycles. The zero-order chi connectivity index (χ0) is 27.3. The van der Waals surface area contributed by atoms with Crippen molar-refractivity contribution in [3.63, 3.8) is 0 Å². The monoisotopic (exact) mass is 501 g/mol. The molecule has 0 unspecified atom stereocenters. The summed E-state index contributed by atoms with van der Waals surface area (Å²) in [5.74, 6) is 0.240. The van der Waals surface area contributed by atoms with E-state index in [1.807, 2.05) is 30.4 Å². The summed E-state index contributed by atoms with van der Waals surface area (Å²) in [6.07, 6.45) is 12.1. The molecule has 1 aliphatic rings. The highest BCUT2D eigenvalue weighted by Gasteiger charge is 2.37. The number of aryl methyl sites for hydroxylation is 2. The lowest BCUT2D eigenvalue weighted by Gasteiger charge is -2.23. The number of rotatable bonds is 8. The van der Waals surface area contributed by atoms with Crippen molar-refractivity contribution in [2.75, 3.05) is 11.9 Å². The second kappa shape index (κ2) is 11.6. The number of nitrogens with zero attached hydrogens (tertiary/aromatic N) is 1. The Kier molecular flexibility index (Phi) is 8.22. The van der Waals surface area contributed by atoms with Crippen molar-refractivity contribution in [2.45, 2.75) is 46.0 Å². The number of fused-ring (bicyclic) bond motifs is 1. The van der Waals surface area contributed by atoms with Crippen molar-refractivity contribution in [1.82, 2.24) is 0 Å². The van der Waals surface area contributed by atoms with Gasteiger partial charge in [0.1, 0.15) is 5.76 Å². The Morgan fingerprint density at radius 2 is 1.42 bits per heavy atom. The van der Waals surface area contributed by atoms with E-state index in [-0.39, 0.29) is 11.2 Å². The third kappa shape index (κ3) is 5.75. The molecule has 0 saturated carbocycles. The molecule has 38 heavy (non-hydrogen) atoms. The van der Waals surface area contributed by atoms with Crippen LogP contribution in [0.2, 0.25) is 0 Å². The molecular weight excluding hydrogens is 462 g/mol. The molecule has 194 valence electrons. The van der Waals surface area contributed by atoms with E-state index in [2.05, 4.69) is 119 Å². The summed E-state index contributed by atoms with van der Waals surface area (Å²) in [7, 11) is 2.13. The maximum atomic E-state index is 11.0. The van der Waals surface area contributed by atoms with E-state index in [4.69, 9.17) is 0 Å². The van der Waals surface area contributed by atoms with Crippen LogP contribution in [0.1, 0.15) is 55.5 Å². The summed E-state index contributed by atoms with van der Waals surface area (Å²) < 4.78 is 0. The van der Waals surface area contributed by atoms with Gasteiger partial charge in [0.2, 0.25) is 0 Å². The molecule has 1 heterocycles. The van der Waals surface area contributed by atoms with E-state index in [0.717, 1.165) is 35.1 Å². The maximum Gasteiger partial charge on any atom is 0.123 e. The van der Waals surface area contributed by atoms with Gasteiger partial charge in [-0.3, -0.25) is 0 Å². The number of aliphatic hydroxyl groups excluding tert-OH is 1. The van der Waals surface area contributed by atoms with Crippen LogP contribution in [0.4, 0.5) is 5.69 Å². The summed E-state index contributed by atoms with van der Waals surface area (Å²) in [6, 6.07) is 25.2. The molecule has 0 bridgehead atoms. The van der Waals surface area contributed by atoms with Gasteiger partial charge in [0, 0.05) is 29.4 Å². The largest absolute Gasteiger partial charge is 0.507 e. The van der Waals surface area contributed by atoms with Gasteiger partial charge in [-0.25, -0.2) is 0 Å². The molecule has 0 atom stereocenters. The normalized spacial score (nSPS) is 16.3. The van der Waals surface area contributed by atoms with Crippen LogP contribution in [0.15, 0.2) is 121 Å². The maximum absolute atomic E-state index is 11.0. The quantitative estimate of drug-likeness (QED) is 0.246. The summed E-state index contributed by atoms with van der Waals surface area (Å²) >= 11 is 0. The fraction of sp³-hybridized carbons (Fsp3) is 0.222. The van der Waals surface area contributed by atoms with Gasteiger partial charge in [0.15, 0.2) is 0 Å². The third-order valence-corrected chi connectivity index (χ3v) is 7.49. The average molecular weight is 502 g/mol. The number of hydrogen-bond donors (Lipinski definition) is 1. The third-order valence-electron chi connectivity index (χ3n) is 7.49. The number of benzene rings is 3. The summed E-state index contributed by atoms with van der Waals surface area (Å²) in [5.41, 5.74) is 9.92. The Hall–Kier alpha value is -4.04. The first kappa shape index (κ1) is 27.0. The second-order valence-corrected chi connectivity index (χ2v) is 10.4. The minimum atomic E-state index is -0.0686. The molecule has 2 heteroatoms. The molecule has 0 fully saturated rings. The first-order valence-corrected chi connectivity index (χ1v) is 13.5. The molecule has 0 amide bonds. The van der Waals surface area contributed by atoms with Gasteiger partial charge in [-0.05, 0) is 70.5 Å². The summed E-state index contributed by atoms with van der Waals surface area (Å²) in [6.45, 7) is 13.1. The lowest BCUT2D eigenvalue weighted by atomic mass is 9.84. The van der Waals surface area contributed by atoms with Crippen LogP contribution in [0, 0.1) is 0 Å². The van der Waals surface area contributed by atoms with Crippen molar-refractivity contribution in [1.29, 1.82) is 0 Å². The Morgan fingerprint density at radius 1 is 0.842 bits per heavy atom. The highest BCUT2D eigenvalue weighted by Crippen LogP contribution is 2.46. The standard InChI is InChI=1S/C36H39NO/c1-7-27-16-20-29(21-17-27)31(25-34(38)30-22-18-28(8-2)19-23-30)24-26(3)12-11-15-35-36(4,5)32-13-9-10-14-33(32)37(35)6/h9-25,38H,3,7-8H2,1-2,4-6H3/b12-11+,31-24+,34-25-,35-15+. The number of anilines is 1. The second-order valence-electron chi connectivity index (χ2n) is 10.4. The molecule has 4 rings (SSSR count). The van der Waals surface area contributed by atoms with E-state index >= 15 is 0 Å². The van der Waals surface area contributed by atoms with Crippen LogP contribution < -0.4 is 4.90 Å². The molecular formula is C36H39NO. The first-order chi connectivity index (χ1) is 18.2. The molecule has 1 N–H and O–H groups in total. The summed E-state index contributed by atoms with van der Waals surface area (Å²) in [4.78, 5) is 2.27. The predicted octanol–water partition coefficient (Wildman–Crippen LogP) is 9.22. The zero-order valence-corrected chi connectivity index (χ0v) is 23.3. The topological polar surface area (TPSA) is 23.5 Å². The van der Waals surface area contributed by atoms with Gasteiger partial charge in [-0.15, -0.1) is 0 Å². The van der Waals surface area contributed by atoms with Gasteiger partial charge < -0.3 is 10.0 Å². The van der Waals surface area contributed by atoms with Gasteiger partial charge in [0.25, 0.3) is 0 Å². The minimum Gasteiger partial charge on any atom is -0.507 e. The fourth-order valence-electron chi connectivity index (χ4n) is 5.10. The Morgan fingerprint density at radius 3 is 2.00 bits per heavy atom. The first-order valence-electron chi connectivity index (χ1n) is 13.5. The van der Waals surface area contributed by atoms with Crippen molar-refractivity contribution >= 4 is 17.0 Å². The van der Waals surface area contributed by atoms with Gasteiger partial charge >= 0.3 is 0 Å². The van der Waals surface area contributed by atoms with E-state index < -0.39 is 0 Å². The van der Waals surface area contributed by atoms with Crippen LogP contribution in [0.3, 0.4) is 0 Å². The van der Waals surface area contributed by atoms with Crippen molar-refractivity contribution in [3.05, 3.63) is 149 Å². The Balaban J connectivity index is 1.63. The van der Waals surface area contributed by atoms with E-state index in [0.29, 0.717) is 0 Å². The van der Waals surface area contributed by atoms with E-state index in [1.54, 1.807) is 0 Å². The fourth-order valence-corrected chi connectivity index (χ4v) is 5.10. The molecule has 0 spiro atoms. The van der Waals surface area contributed by atoms with E-state index in [1.165, 1.54) is 28.1 Å². The highest BCUT2D eigenvalue weighted by molar-refractivity contribution is 5.83. The van der Waals surface area contributed by atoms with Gasteiger partial charge in [0.05, 0.1) is 0 Å². The van der Waals surface area contributed by atoms with Crippen LogP contribution in [0.25, 0.3) is 11.3 Å². The van der Waals surface area contributed by atoms with Crippen molar-refractivity contribution in [3.8, 4) is 0 Å². The van der Waals surface area contributed by atoms with Gasteiger partial charge in [-0.1, -0.05) is 113 Å². The van der Waals surface area contributed by atoms with Crippen LogP contribution in [-0.2, 0) is 18.3 Å². The van der Waals surface area contributed by atoms with Crippen molar-refractivity contribution in [2.24, 2.45) is 0 Å². The SMILES string of the molecule is C=C(/C=C/C=C1/N(C)c2ccccc2C1(C)C)/C=C(\C=C(/O)c1ccc(CC)cc1)c1ccc(CC)cc1.